The summed E-state index contributed by atoms with van der Waals surface area (Å²) < 4.78 is 11.4. The maximum atomic E-state index is 11.8. The molecule has 25 heavy (non-hydrogen) atoms. The molecule has 2 rings (SSSR count). The van der Waals surface area contributed by atoms with Gasteiger partial charge in [-0.1, -0.05) is 6.07 Å². The molecule has 0 unspecified atom stereocenters. The number of carbonyl (C=O) groups excluding carboxylic acids is 1. The van der Waals surface area contributed by atoms with E-state index in [4.69, 9.17) is 14.6 Å². The Balaban J connectivity index is 1.82. The van der Waals surface area contributed by atoms with Gasteiger partial charge in [-0.2, -0.15) is 0 Å². The fourth-order valence-electron chi connectivity index (χ4n) is 2.96. The molecule has 6 nitrogen and oxygen atoms in total. The molecule has 0 bridgehead atoms. The zero-order chi connectivity index (χ0) is 18.1. The normalized spacial score (nSPS) is 14.3. The summed E-state index contributed by atoms with van der Waals surface area (Å²) >= 11 is 0. The number of nitrogens with one attached hydrogen (secondary N) is 1. The number of hydrogen-bond acceptors (Lipinski definition) is 4. The maximum Gasteiger partial charge on any atom is 0.303 e. The van der Waals surface area contributed by atoms with Crippen LogP contribution in [0.15, 0.2) is 18.2 Å². The molecule has 0 aliphatic heterocycles. The van der Waals surface area contributed by atoms with Crippen LogP contribution in [0, 0.1) is 0 Å². The van der Waals surface area contributed by atoms with Crippen LogP contribution >= 0.6 is 0 Å². The number of aliphatic carboxylic acids is 1. The molecule has 1 aliphatic carbocycles. The maximum absolute atomic E-state index is 11.8. The second-order valence-corrected chi connectivity index (χ2v) is 6.39. The van der Waals surface area contributed by atoms with E-state index in [0.717, 1.165) is 24.2 Å². The quantitative estimate of drug-likeness (QED) is 0.633. The van der Waals surface area contributed by atoms with Crippen molar-refractivity contribution < 1.29 is 24.2 Å². The fourth-order valence-corrected chi connectivity index (χ4v) is 2.96. The molecule has 1 aromatic rings. The third kappa shape index (κ3) is 6.64. The van der Waals surface area contributed by atoms with Crippen molar-refractivity contribution in [3.8, 4) is 11.5 Å². The van der Waals surface area contributed by atoms with Crippen molar-refractivity contribution in [3.63, 3.8) is 0 Å². The molecular formula is C19H27NO5. The predicted octanol–water partition coefficient (Wildman–Crippen LogP) is 3.28. The molecule has 138 valence electrons. The molecule has 0 aromatic heterocycles. The summed E-state index contributed by atoms with van der Waals surface area (Å²) in [4.78, 5) is 22.3. The van der Waals surface area contributed by atoms with Gasteiger partial charge in [0.05, 0.1) is 13.2 Å². The highest BCUT2D eigenvalue weighted by Gasteiger charge is 2.18. The second kappa shape index (κ2) is 9.91. The van der Waals surface area contributed by atoms with Gasteiger partial charge in [-0.25, -0.2) is 0 Å². The number of benzene rings is 1. The van der Waals surface area contributed by atoms with E-state index >= 15 is 0 Å². The average molecular weight is 349 g/mol. The number of carboxylic acids is 1. The van der Waals surface area contributed by atoms with Gasteiger partial charge >= 0.3 is 5.97 Å². The van der Waals surface area contributed by atoms with Gasteiger partial charge in [0.2, 0.25) is 5.91 Å². The fraction of sp³-hybridized carbons (Fsp3) is 0.579. The first-order valence-electron chi connectivity index (χ1n) is 8.90. The van der Waals surface area contributed by atoms with Crippen LogP contribution in [0.4, 0.5) is 0 Å². The van der Waals surface area contributed by atoms with Crippen LogP contribution in [0.3, 0.4) is 0 Å². The molecular weight excluding hydrogens is 322 g/mol. The van der Waals surface area contributed by atoms with Gasteiger partial charge in [-0.05, 0) is 56.2 Å². The first-order chi connectivity index (χ1) is 12.1. The van der Waals surface area contributed by atoms with Gasteiger partial charge in [0, 0.05) is 19.4 Å². The lowest BCUT2D eigenvalue weighted by Crippen LogP contribution is -2.22. The molecule has 1 amide bonds. The van der Waals surface area contributed by atoms with Crippen LogP contribution in [0.1, 0.15) is 56.9 Å². The van der Waals surface area contributed by atoms with E-state index in [2.05, 4.69) is 5.32 Å². The summed E-state index contributed by atoms with van der Waals surface area (Å²) in [6, 6.07) is 5.69. The first kappa shape index (κ1) is 19.1. The molecule has 6 heteroatoms. The van der Waals surface area contributed by atoms with E-state index in [9.17, 15) is 9.59 Å². The lowest BCUT2D eigenvalue weighted by Gasteiger charge is -2.17. The van der Waals surface area contributed by atoms with Crippen LogP contribution in [0.25, 0.3) is 0 Å². The van der Waals surface area contributed by atoms with Crippen molar-refractivity contribution in [2.75, 3.05) is 7.11 Å². The Morgan fingerprint density at radius 1 is 1.16 bits per heavy atom. The number of carbonyl (C=O) groups is 2. The van der Waals surface area contributed by atoms with Crippen LogP contribution < -0.4 is 14.8 Å². The minimum Gasteiger partial charge on any atom is -0.493 e. The van der Waals surface area contributed by atoms with E-state index < -0.39 is 5.97 Å². The van der Waals surface area contributed by atoms with Crippen LogP contribution in [0.2, 0.25) is 0 Å². The van der Waals surface area contributed by atoms with Gasteiger partial charge in [-0.3, -0.25) is 9.59 Å². The number of methoxy groups -OCH3 is 1. The van der Waals surface area contributed by atoms with Gasteiger partial charge in [0.15, 0.2) is 11.5 Å². The summed E-state index contributed by atoms with van der Waals surface area (Å²) in [5, 5.41) is 11.4. The van der Waals surface area contributed by atoms with Crippen LogP contribution in [-0.2, 0) is 16.1 Å². The minimum atomic E-state index is -0.826. The van der Waals surface area contributed by atoms with E-state index in [-0.39, 0.29) is 18.4 Å². The molecule has 0 spiro atoms. The van der Waals surface area contributed by atoms with E-state index in [1.807, 2.05) is 18.2 Å². The van der Waals surface area contributed by atoms with Crippen LogP contribution in [-0.4, -0.2) is 30.2 Å². The smallest absolute Gasteiger partial charge is 0.303 e. The van der Waals surface area contributed by atoms with Gasteiger partial charge in [0.25, 0.3) is 0 Å². The van der Waals surface area contributed by atoms with Crippen molar-refractivity contribution >= 4 is 11.9 Å². The SMILES string of the molecule is COc1ccc(CNC(=O)CCCCC(=O)O)cc1OC1CCCC1. The monoisotopic (exact) mass is 349 g/mol. The average Bonchev–Trinajstić information content (AvgIpc) is 3.10. The molecule has 0 atom stereocenters. The number of rotatable bonds is 10. The molecule has 0 heterocycles. The lowest BCUT2D eigenvalue weighted by molar-refractivity contribution is -0.137. The zero-order valence-electron chi connectivity index (χ0n) is 14.8. The van der Waals surface area contributed by atoms with Crippen molar-refractivity contribution in [2.45, 2.75) is 64.0 Å². The van der Waals surface area contributed by atoms with Crippen molar-refractivity contribution in [1.29, 1.82) is 0 Å². The Hall–Kier alpha value is -2.24. The summed E-state index contributed by atoms with van der Waals surface area (Å²) in [5.74, 6) is 0.533. The number of amides is 1. The molecule has 0 radical (unpaired) electrons. The highest BCUT2D eigenvalue weighted by molar-refractivity contribution is 5.76. The highest BCUT2D eigenvalue weighted by atomic mass is 16.5. The zero-order valence-corrected chi connectivity index (χ0v) is 14.8. The van der Waals surface area contributed by atoms with Gasteiger partial charge < -0.3 is 19.9 Å². The predicted molar refractivity (Wildman–Crippen MR) is 93.8 cm³/mol. The third-order valence-electron chi connectivity index (χ3n) is 4.36. The molecule has 1 saturated carbocycles. The third-order valence-corrected chi connectivity index (χ3v) is 4.36. The number of hydrogen-bond donors (Lipinski definition) is 2. The number of carboxylic acid groups (broad SMARTS) is 1. The molecule has 1 aromatic carbocycles. The Labute approximate surface area is 148 Å². The molecule has 0 saturated heterocycles. The summed E-state index contributed by atoms with van der Waals surface area (Å²) in [7, 11) is 1.62. The van der Waals surface area contributed by atoms with Crippen molar-refractivity contribution in [2.24, 2.45) is 0 Å². The van der Waals surface area contributed by atoms with Gasteiger partial charge in [0.1, 0.15) is 0 Å². The summed E-state index contributed by atoms with van der Waals surface area (Å²) in [6.07, 6.45) is 6.33. The lowest BCUT2D eigenvalue weighted by atomic mass is 10.1. The van der Waals surface area contributed by atoms with E-state index in [1.165, 1.54) is 12.8 Å². The molecule has 2 N–H and O–H groups in total. The van der Waals surface area contributed by atoms with Gasteiger partial charge in [-0.15, -0.1) is 0 Å². The highest BCUT2D eigenvalue weighted by Crippen LogP contribution is 2.32. The van der Waals surface area contributed by atoms with E-state index in [1.54, 1.807) is 7.11 Å². The molecule has 1 fully saturated rings. The van der Waals surface area contributed by atoms with Crippen molar-refractivity contribution in [1.82, 2.24) is 5.32 Å². The molecule has 1 aliphatic rings. The first-order valence-corrected chi connectivity index (χ1v) is 8.90. The Bertz CT molecular complexity index is 581. The standard InChI is InChI=1S/C19H27NO5/c1-24-16-11-10-14(12-17(16)25-15-6-2-3-7-15)13-20-18(21)8-4-5-9-19(22)23/h10-12,15H,2-9,13H2,1H3,(H,20,21)(H,22,23). The number of unbranched alkanes of at least 4 members (excludes halogenated alkanes) is 1. The van der Waals surface area contributed by atoms with Crippen molar-refractivity contribution in [3.05, 3.63) is 23.8 Å². The van der Waals surface area contributed by atoms with Crippen LogP contribution in [0.5, 0.6) is 11.5 Å². The second-order valence-electron chi connectivity index (χ2n) is 6.39. The summed E-state index contributed by atoms with van der Waals surface area (Å²) in [6.45, 7) is 0.419. The number of ether oxygens (including phenoxy) is 2. The Morgan fingerprint density at radius 2 is 1.88 bits per heavy atom. The van der Waals surface area contributed by atoms with E-state index in [0.29, 0.717) is 31.6 Å². The summed E-state index contributed by atoms with van der Waals surface area (Å²) in [5.41, 5.74) is 0.952. The Morgan fingerprint density at radius 3 is 2.56 bits per heavy atom. The Kier molecular flexibility index (Phi) is 7.57. The largest absolute Gasteiger partial charge is 0.493 e. The topological polar surface area (TPSA) is 84.9 Å². The minimum absolute atomic E-state index is 0.0699.